The fourth-order valence-corrected chi connectivity index (χ4v) is 3.63. The molecule has 1 aromatic carbocycles. The minimum absolute atomic E-state index is 0.0105. The lowest BCUT2D eigenvalue weighted by atomic mass is 10.1. The van der Waals surface area contributed by atoms with E-state index >= 15 is 0 Å². The third kappa shape index (κ3) is 4.15. The first kappa shape index (κ1) is 19.5. The van der Waals surface area contributed by atoms with Crippen LogP contribution in [0.3, 0.4) is 0 Å². The number of hydrogen-bond acceptors (Lipinski definition) is 7. The predicted octanol–water partition coefficient (Wildman–Crippen LogP) is 2.26. The Balaban J connectivity index is 1.75. The monoisotopic (exact) mass is 402 g/mol. The Bertz CT molecular complexity index is 928. The van der Waals surface area contributed by atoms with Crippen molar-refractivity contribution < 1.29 is 14.6 Å². The summed E-state index contributed by atoms with van der Waals surface area (Å²) in [6, 6.07) is 4.07. The Morgan fingerprint density at radius 3 is 2.76 bits per heavy atom. The van der Waals surface area contributed by atoms with Gasteiger partial charge in [-0.3, -0.25) is 15.5 Å². The molecule has 0 saturated carbocycles. The molecule has 2 aliphatic heterocycles. The number of phenols is 1. The molecule has 0 aliphatic carbocycles. The van der Waals surface area contributed by atoms with Crippen LogP contribution in [0.4, 0.5) is 15.9 Å². The number of phenolic OH excluding ortho intramolecular Hbond substituents is 1. The molecule has 1 aromatic heterocycles. The zero-order chi connectivity index (χ0) is 20.6. The maximum Gasteiger partial charge on any atom is 0.174 e. The Hall–Kier alpha value is -2.78. The topological polar surface area (TPSA) is 106 Å². The first-order valence-electron chi connectivity index (χ1n) is 9.84. The first-order valence-corrected chi connectivity index (χ1v) is 9.84. The van der Waals surface area contributed by atoms with Gasteiger partial charge in [-0.25, -0.2) is 4.39 Å². The van der Waals surface area contributed by atoms with Gasteiger partial charge in [-0.15, -0.1) is 0 Å². The normalized spacial score (nSPS) is 17.2. The van der Waals surface area contributed by atoms with Gasteiger partial charge in [0.15, 0.2) is 5.82 Å². The zero-order valence-corrected chi connectivity index (χ0v) is 16.6. The number of aromatic nitrogens is 2. The summed E-state index contributed by atoms with van der Waals surface area (Å²) in [5.41, 5.74) is 7.79. The lowest BCUT2D eigenvalue weighted by Crippen LogP contribution is -2.31. The predicted molar refractivity (Wildman–Crippen MR) is 111 cm³/mol. The van der Waals surface area contributed by atoms with Gasteiger partial charge >= 0.3 is 0 Å². The summed E-state index contributed by atoms with van der Waals surface area (Å²) in [6.07, 6.45) is 3.76. The molecule has 2 aliphatic rings. The lowest BCUT2D eigenvalue weighted by molar-refractivity contribution is 0.0944. The molecule has 0 bridgehead atoms. The fraction of sp³-hybridized carbons (Fsp3) is 0.450. The van der Waals surface area contributed by atoms with Crippen molar-refractivity contribution >= 4 is 23.3 Å². The molecule has 6 N–H and O–H groups in total. The number of anilines is 2. The van der Waals surface area contributed by atoms with Gasteiger partial charge in [0.2, 0.25) is 0 Å². The number of halogens is 1. The van der Waals surface area contributed by atoms with Crippen LogP contribution in [0.25, 0.3) is 11.8 Å². The Kier molecular flexibility index (Phi) is 5.10. The zero-order valence-electron chi connectivity index (χ0n) is 16.6. The maximum atomic E-state index is 13.7. The number of piperidine rings is 1. The molecule has 29 heavy (non-hydrogen) atoms. The number of rotatable bonds is 5. The Morgan fingerprint density at radius 1 is 1.28 bits per heavy atom. The third-order valence-electron chi connectivity index (χ3n) is 5.14. The largest absolute Gasteiger partial charge is 0.507 e. The molecule has 0 amide bonds. The molecule has 0 spiro atoms. The van der Waals surface area contributed by atoms with Crippen LogP contribution in [0.1, 0.15) is 44.0 Å². The van der Waals surface area contributed by atoms with Gasteiger partial charge in [-0.1, -0.05) is 0 Å². The smallest absolute Gasteiger partial charge is 0.174 e. The third-order valence-corrected chi connectivity index (χ3v) is 5.14. The number of fused-ring (bicyclic) bond motifs is 1. The molecule has 9 heteroatoms. The number of benzene rings is 1. The molecular weight excluding hydrogens is 375 g/mol. The summed E-state index contributed by atoms with van der Waals surface area (Å²) in [5.74, 6) is 0.196. The van der Waals surface area contributed by atoms with Crippen LogP contribution in [0, 0.1) is 5.82 Å². The highest BCUT2D eigenvalue weighted by Crippen LogP contribution is 2.37. The number of hydrazine groups is 1. The molecule has 0 atom stereocenters. The van der Waals surface area contributed by atoms with E-state index in [9.17, 15) is 14.6 Å². The van der Waals surface area contributed by atoms with Crippen molar-refractivity contribution in [2.45, 2.75) is 38.3 Å². The van der Waals surface area contributed by atoms with E-state index < -0.39 is 11.4 Å². The molecular formula is C20H27FN6O2. The van der Waals surface area contributed by atoms with E-state index in [1.165, 1.54) is 18.2 Å². The van der Waals surface area contributed by atoms with Gasteiger partial charge < -0.3 is 20.8 Å². The van der Waals surface area contributed by atoms with Crippen LogP contribution in [-0.2, 0) is 0 Å². The molecule has 2 aromatic rings. The number of nitrogens with zero attached hydrogens (tertiary/aromatic N) is 2. The minimum Gasteiger partial charge on any atom is -0.507 e. The van der Waals surface area contributed by atoms with Crippen molar-refractivity contribution in [2.75, 3.05) is 30.4 Å². The van der Waals surface area contributed by atoms with Crippen LogP contribution in [0.5, 0.6) is 5.75 Å². The fourth-order valence-electron chi connectivity index (χ4n) is 3.63. The van der Waals surface area contributed by atoms with Gasteiger partial charge in [-0.05, 0) is 64.1 Å². The van der Waals surface area contributed by atoms with E-state index in [2.05, 4.69) is 21.5 Å². The van der Waals surface area contributed by atoms with E-state index in [4.69, 9.17) is 5.10 Å². The second-order valence-electron chi connectivity index (χ2n) is 8.17. The minimum atomic E-state index is -0.887. The van der Waals surface area contributed by atoms with E-state index in [-0.39, 0.29) is 11.8 Å². The van der Waals surface area contributed by atoms with E-state index in [0.29, 0.717) is 23.6 Å². The van der Waals surface area contributed by atoms with Gasteiger partial charge in [-0.2, -0.15) is 5.10 Å². The van der Waals surface area contributed by atoms with Crippen LogP contribution >= 0.6 is 0 Å². The molecule has 1 fully saturated rings. The number of aliphatic hydroxyl groups is 1. The van der Waals surface area contributed by atoms with Crippen molar-refractivity contribution in [3.8, 4) is 5.75 Å². The molecule has 0 unspecified atom stereocenters. The average Bonchev–Trinajstić information content (AvgIpc) is 3.06. The SMILES string of the molecule is CC(C)(O)CNc1nn(C2CCNCC2)c2c1NNC(c1cc(F)ccc1O)=C2. The summed E-state index contributed by atoms with van der Waals surface area (Å²) in [5, 5.41) is 31.6. The molecule has 4 rings (SSSR count). The number of nitrogens with one attached hydrogen (secondary N) is 4. The van der Waals surface area contributed by atoms with Crippen molar-refractivity contribution in [3.05, 3.63) is 35.3 Å². The van der Waals surface area contributed by atoms with Crippen LogP contribution < -0.4 is 21.5 Å². The van der Waals surface area contributed by atoms with Gasteiger partial charge in [0.25, 0.3) is 0 Å². The Morgan fingerprint density at radius 2 is 2.03 bits per heavy atom. The second-order valence-corrected chi connectivity index (χ2v) is 8.17. The van der Waals surface area contributed by atoms with Gasteiger partial charge in [0, 0.05) is 12.1 Å². The highest BCUT2D eigenvalue weighted by molar-refractivity contribution is 5.91. The Labute approximate surface area is 168 Å². The summed E-state index contributed by atoms with van der Waals surface area (Å²) in [4.78, 5) is 0. The summed E-state index contributed by atoms with van der Waals surface area (Å²) < 4.78 is 15.7. The summed E-state index contributed by atoms with van der Waals surface area (Å²) in [6.45, 7) is 5.63. The molecule has 3 heterocycles. The highest BCUT2D eigenvalue weighted by atomic mass is 19.1. The summed E-state index contributed by atoms with van der Waals surface area (Å²) in [7, 11) is 0. The van der Waals surface area contributed by atoms with Gasteiger partial charge in [0.1, 0.15) is 17.3 Å². The maximum absolute atomic E-state index is 13.7. The number of aromatic hydroxyl groups is 1. The van der Waals surface area contributed by atoms with Crippen molar-refractivity contribution in [3.63, 3.8) is 0 Å². The standard InChI is InChI=1S/C20H27FN6O2/c1-20(2,29)11-23-19-18-16(27(26-19)13-5-7-22-8-6-13)10-15(24-25-18)14-9-12(21)3-4-17(14)28/h3-4,9-10,13,22,24-25,28-29H,5-8,11H2,1-2H3,(H,23,26). The molecule has 8 nitrogen and oxygen atoms in total. The summed E-state index contributed by atoms with van der Waals surface area (Å²) >= 11 is 0. The van der Waals surface area contributed by atoms with E-state index in [1.54, 1.807) is 13.8 Å². The molecule has 1 saturated heterocycles. The van der Waals surface area contributed by atoms with E-state index in [0.717, 1.165) is 37.3 Å². The van der Waals surface area contributed by atoms with Crippen molar-refractivity contribution in [1.29, 1.82) is 0 Å². The molecule has 0 radical (unpaired) electrons. The first-order chi connectivity index (χ1) is 13.8. The average molecular weight is 402 g/mol. The van der Waals surface area contributed by atoms with Crippen molar-refractivity contribution in [2.24, 2.45) is 0 Å². The lowest BCUT2D eigenvalue weighted by Gasteiger charge is -2.26. The number of hydrogen-bond donors (Lipinski definition) is 6. The van der Waals surface area contributed by atoms with Crippen LogP contribution in [0.15, 0.2) is 18.2 Å². The van der Waals surface area contributed by atoms with Crippen LogP contribution in [0.2, 0.25) is 0 Å². The second kappa shape index (κ2) is 7.57. The molecule has 156 valence electrons. The van der Waals surface area contributed by atoms with Gasteiger partial charge in [0.05, 0.1) is 23.0 Å². The van der Waals surface area contributed by atoms with E-state index in [1.807, 2.05) is 10.8 Å². The van der Waals surface area contributed by atoms with Crippen molar-refractivity contribution in [1.82, 2.24) is 20.5 Å². The van der Waals surface area contributed by atoms with Crippen LogP contribution in [-0.4, -0.2) is 45.2 Å². The quantitative estimate of drug-likeness (QED) is 0.456. The highest BCUT2D eigenvalue weighted by Gasteiger charge is 2.27.